The van der Waals surface area contributed by atoms with Crippen molar-refractivity contribution in [2.75, 3.05) is 11.9 Å². The molecule has 0 radical (unpaired) electrons. The van der Waals surface area contributed by atoms with Crippen LogP contribution in [0.5, 0.6) is 5.88 Å². The molecule has 0 saturated carbocycles. The summed E-state index contributed by atoms with van der Waals surface area (Å²) in [5.74, 6) is 0.510. The van der Waals surface area contributed by atoms with Gasteiger partial charge in [-0.1, -0.05) is 0 Å². The highest BCUT2D eigenvalue weighted by Crippen LogP contribution is 2.14. The van der Waals surface area contributed by atoms with Crippen LogP contribution in [0.2, 0.25) is 0 Å². The Balaban J connectivity index is 2.77. The third-order valence-electron chi connectivity index (χ3n) is 2.17. The van der Waals surface area contributed by atoms with Crippen LogP contribution in [-0.2, 0) is 9.53 Å². The van der Waals surface area contributed by atoms with E-state index in [-0.39, 0.29) is 12.1 Å². The maximum Gasteiger partial charge on any atom is 0.328 e. The van der Waals surface area contributed by atoms with Crippen molar-refractivity contribution in [2.45, 2.75) is 46.8 Å². The Morgan fingerprint density at radius 3 is 2.63 bits per heavy atom. The monoisotopic (exact) mass is 267 g/mol. The Labute approximate surface area is 113 Å². The summed E-state index contributed by atoms with van der Waals surface area (Å²) in [6.45, 7) is 9.50. The largest absolute Gasteiger partial charge is 0.475 e. The molecule has 19 heavy (non-hydrogen) atoms. The van der Waals surface area contributed by atoms with Crippen molar-refractivity contribution >= 4 is 11.9 Å². The molecule has 1 aromatic heterocycles. The van der Waals surface area contributed by atoms with Gasteiger partial charge in [-0.2, -0.15) is 4.98 Å². The van der Waals surface area contributed by atoms with Gasteiger partial charge in [0, 0.05) is 11.8 Å². The summed E-state index contributed by atoms with van der Waals surface area (Å²) in [4.78, 5) is 19.9. The first-order chi connectivity index (χ1) is 8.92. The van der Waals surface area contributed by atoms with Gasteiger partial charge < -0.3 is 14.8 Å². The molecule has 1 N–H and O–H groups in total. The standard InChI is InChI=1S/C13H21N3O3/c1-6-18-12(17)10(5)15-13-14-9(4)7-11(16-13)19-8(2)3/h7-8,10H,6H2,1-5H3,(H,14,15,16). The molecule has 1 atom stereocenters. The van der Waals surface area contributed by atoms with E-state index in [1.807, 2.05) is 20.8 Å². The molecule has 0 aliphatic rings. The first kappa shape index (κ1) is 15.2. The highest BCUT2D eigenvalue weighted by Gasteiger charge is 2.15. The molecular weight excluding hydrogens is 246 g/mol. The molecule has 0 amide bonds. The van der Waals surface area contributed by atoms with Gasteiger partial charge in [0.2, 0.25) is 11.8 Å². The van der Waals surface area contributed by atoms with Crippen LogP contribution in [0.3, 0.4) is 0 Å². The molecular formula is C13H21N3O3. The fourth-order valence-corrected chi connectivity index (χ4v) is 1.43. The van der Waals surface area contributed by atoms with E-state index in [0.29, 0.717) is 18.4 Å². The SMILES string of the molecule is CCOC(=O)C(C)Nc1nc(C)cc(OC(C)C)n1. The van der Waals surface area contributed by atoms with E-state index >= 15 is 0 Å². The van der Waals surface area contributed by atoms with Crippen molar-refractivity contribution in [1.29, 1.82) is 0 Å². The Morgan fingerprint density at radius 1 is 1.37 bits per heavy atom. The normalized spacial score (nSPS) is 12.1. The molecule has 0 saturated heterocycles. The number of anilines is 1. The van der Waals surface area contributed by atoms with Crippen LogP contribution in [0.25, 0.3) is 0 Å². The number of hydrogen-bond donors (Lipinski definition) is 1. The number of hydrogen-bond acceptors (Lipinski definition) is 6. The maximum atomic E-state index is 11.5. The second-order valence-corrected chi connectivity index (χ2v) is 4.46. The van der Waals surface area contributed by atoms with Crippen molar-refractivity contribution in [2.24, 2.45) is 0 Å². The lowest BCUT2D eigenvalue weighted by atomic mass is 10.3. The average Bonchev–Trinajstić information content (AvgIpc) is 2.27. The van der Waals surface area contributed by atoms with Gasteiger partial charge in [-0.25, -0.2) is 9.78 Å². The molecule has 0 aliphatic heterocycles. The summed E-state index contributed by atoms with van der Waals surface area (Å²) in [6.07, 6.45) is 0.0321. The number of ether oxygens (including phenoxy) is 2. The van der Waals surface area contributed by atoms with Crippen molar-refractivity contribution in [3.8, 4) is 5.88 Å². The Kier molecular flexibility index (Phi) is 5.54. The number of aryl methyl sites for hydroxylation is 1. The van der Waals surface area contributed by atoms with Gasteiger partial charge in [0.05, 0.1) is 12.7 Å². The molecule has 1 aromatic rings. The summed E-state index contributed by atoms with van der Waals surface area (Å²) in [5.41, 5.74) is 0.768. The summed E-state index contributed by atoms with van der Waals surface area (Å²) >= 11 is 0. The number of carbonyl (C=O) groups is 1. The molecule has 6 nitrogen and oxygen atoms in total. The van der Waals surface area contributed by atoms with E-state index in [1.54, 1.807) is 19.9 Å². The van der Waals surface area contributed by atoms with Crippen molar-refractivity contribution in [1.82, 2.24) is 9.97 Å². The zero-order valence-corrected chi connectivity index (χ0v) is 12.1. The molecule has 6 heteroatoms. The summed E-state index contributed by atoms with van der Waals surface area (Å²) < 4.78 is 10.4. The third kappa shape index (κ3) is 5.11. The van der Waals surface area contributed by atoms with E-state index < -0.39 is 6.04 Å². The van der Waals surface area contributed by atoms with E-state index in [4.69, 9.17) is 9.47 Å². The van der Waals surface area contributed by atoms with Gasteiger partial charge >= 0.3 is 5.97 Å². The third-order valence-corrected chi connectivity index (χ3v) is 2.17. The zero-order chi connectivity index (χ0) is 14.4. The predicted molar refractivity (Wildman–Crippen MR) is 72.3 cm³/mol. The summed E-state index contributed by atoms with van der Waals surface area (Å²) in [6, 6.07) is 1.24. The van der Waals surface area contributed by atoms with Crippen LogP contribution < -0.4 is 10.1 Å². The number of nitrogens with zero attached hydrogens (tertiary/aromatic N) is 2. The van der Waals surface area contributed by atoms with Gasteiger partial charge in [-0.15, -0.1) is 0 Å². The lowest BCUT2D eigenvalue weighted by Crippen LogP contribution is -2.29. The minimum atomic E-state index is -0.506. The van der Waals surface area contributed by atoms with Crippen molar-refractivity contribution < 1.29 is 14.3 Å². The number of aromatic nitrogens is 2. The van der Waals surface area contributed by atoms with Crippen LogP contribution in [0.4, 0.5) is 5.95 Å². The van der Waals surface area contributed by atoms with Crippen LogP contribution in [0.1, 0.15) is 33.4 Å². The molecule has 1 rings (SSSR count). The van der Waals surface area contributed by atoms with Crippen LogP contribution >= 0.6 is 0 Å². The molecule has 0 spiro atoms. The Hall–Kier alpha value is -1.85. The van der Waals surface area contributed by atoms with Gasteiger partial charge in [-0.05, 0) is 34.6 Å². The number of rotatable bonds is 6. The number of carbonyl (C=O) groups excluding carboxylic acids is 1. The quantitative estimate of drug-likeness (QED) is 0.794. The summed E-state index contributed by atoms with van der Waals surface area (Å²) in [7, 11) is 0. The lowest BCUT2D eigenvalue weighted by Gasteiger charge is -2.14. The van der Waals surface area contributed by atoms with Crippen LogP contribution in [-0.4, -0.2) is 34.7 Å². The molecule has 1 heterocycles. The van der Waals surface area contributed by atoms with E-state index in [2.05, 4.69) is 15.3 Å². The molecule has 0 aromatic carbocycles. The highest BCUT2D eigenvalue weighted by atomic mass is 16.5. The maximum absolute atomic E-state index is 11.5. The molecule has 0 fully saturated rings. The minimum Gasteiger partial charge on any atom is -0.475 e. The smallest absolute Gasteiger partial charge is 0.328 e. The van der Waals surface area contributed by atoms with Gasteiger partial charge in [-0.3, -0.25) is 0 Å². The van der Waals surface area contributed by atoms with Crippen LogP contribution in [0.15, 0.2) is 6.07 Å². The number of esters is 1. The predicted octanol–water partition coefficient (Wildman–Crippen LogP) is 1.94. The lowest BCUT2D eigenvalue weighted by molar-refractivity contribution is -0.143. The van der Waals surface area contributed by atoms with Gasteiger partial charge in [0.25, 0.3) is 0 Å². The fourth-order valence-electron chi connectivity index (χ4n) is 1.43. The first-order valence-electron chi connectivity index (χ1n) is 6.38. The van der Waals surface area contributed by atoms with Gasteiger partial charge in [0.15, 0.2) is 0 Å². The zero-order valence-electron chi connectivity index (χ0n) is 12.1. The topological polar surface area (TPSA) is 73.3 Å². The molecule has 1 unspecified atom stereocenters. The number of nitrogens with one attached hydrogen (secondary N) is 1. The Bertz CT molecular complexity index is 435. The highest BCUT2D eigenvalue weighted by molar-refractivity contribution is 5.78. The molecule has 0 bridgehead atoms. The summed E-state index contributed by atoms with van der Waals surface area (Å²) in [5, 5.41) is 2.90. The second kappa shape index (κ2) is 6.92. The molecule has 106 valence electrons. The Morgan fingerprint density at radius 2 is 2.05 bits per heavy atom. The van der Waals surface area contributed by atoms with Crippen LogP contribution in [0, 0.1) is 6.92 Å². The molecule has 0 aliphatic carbocycles. The second-order valence-electron chi connectivity index (χ2n) is 4.46. The van der Waals surface area contributed by atoms with E-state index in [9.17, 15) is 4.79 Å². The first-order valence-corrected chi connectivity index (χ1v) is 6.38. The van der Waals surface area contributed by atoms with Gasteiger partial charge in [0.1, 0.15) is 6.04 Å². The fraction of sp³-hybridized carbons (Fsp3) is 0.615. The van der Waals surface area contributed by atoms with E-state index in [0.717, 1.165) is 5.69 Å². The van der Waals surface area contributed by atoms with Crippen molar-refractivity contribution in [3.05, 3.63) is 11.8 Å². The van der Waals surface area contributed by atoms with E-state index in [1.165, 1.54) is 0 Å². The minimum absolute atomic E-state index is 0.0321. The van der Waals surface area contributed by atoms with Crippen molar-refractivity contribution in [3.63, 3.8) is 0 Å². The average molecular weight is 267 g/mol.